The van der Waals surface area contributed by atoms with Crippen LogP contribution in [-0.2, 0) is 4.79 Å². The highest BCUT2D eigenvalue weighted by Gasteiger charge is 2.24. The molecule has 1 N–H and O–H groups in total. The molecule has 1 aliphatic rings. The number of aliphatic imine (C=N–C) groups is 1. The first-order valence-corrected chi connectivity index (χ1v) is 11.1. The van der Waals surface area contributed by atoms with Crippen molar-refractivity contribution in [3.05, 3.63) is 40.5 Å². The minimum Gasteiger partial charge on any atom is -0.297 e. The summed E-state index contributed by atoms with van der Waals surface area (Å²) in [6.07, 6.45) is 6.69. The van der Waals surface area contributed by atoms with E-state index in [1.165, 1.54) is 30.6 Å². The first-order chi connectivity index (χ1) is 14.9. The number of nitrogens with one attached hydrogen (secondary N) is 1. The quantitative estimate of drug-likeness (QED) is 0.478. The number of nitro benzene ring substituents is 1. The minimum atomic E-state index is -0.438. The number of allylic oxidation sites excluding steroid dienone is 1. The van der Waals surface area contributed by atoms with E-state index in [1.54, 1.807) is 6.07 Å². The monoisotopic (exact) mass is 442 g/mol. The molecule has 1 atom stereocenters. The highest BCUT2D eigenvalue weighted by atomic mass is 32.1. The third kappa shape index (κ3) is 5.59. The van der Waals surface area contributed by atoms with E-state index in [2.05, 4.69) is 44.7 Å². The largest absolute Gasteiger partial charge is 0.297 e. The van der Waals surface area contributed by atoms with Crippen LogP contribution in [0.5, 0.6) is 0 Å². The van der Waals surface area contributed by atoms with Crippen LogP contribution in [0.3, 0.4) is 0 Å². The number of carbonyl (C=O) groups excluding carboxylic acids is 1. The number of hydrogen-bond donors (Lipinski definition) is 1. The number of amides is 1. The Morgan fingerprint density at radius 2 is 2.10 bits per heavy atom. The summed E-state index contributed by atoms with van der Waals surface area (Å²) < 4.78 is 4.30. The number of benzene rings is 1. The average molecular weight is 443 g/mol. The van der Waals surface area contributed by atoms with Crippen molar-refractivity contribution in [1.29, 1.82) is 0 Å². The molecule has 0 saturated carbocycles. The third-order valence-corrected chi connectivity index (χ3v) is 5.69. The van der Waals surface area contributed by atoms with Crippen molar-refractivity contribution >= 4 is 50.5 Å². The van der Waals surface area contributed by atoms with Gasteiger partial charge in [-0.05, 0) is 49.6 Å². The number of aromatic nitrogens is 1. The highest BCUT2D eigenvalue weighted by molar-refractivity contribution is 7.11. The molecule has 0 radical (unpaired) electrons. The van der Waals surface area contributed by atoms with Gasteiger partial charge in [-0.25, -0.2) is 4.99 Å². The summed E-state index contributed by atoms with van der Waals surface area (Å²) in [5, 5.41) is 16.8. The molecule has 1 aliphatic carbocycles. The fourth-order valence-corrected chi connectivity index (χ4v) is 4.26. The van der Waals surface area contributed by atoms with Gasteiger partial charge in [0.05, 0.1) is 16.2 Å². The van der Waals surface area contributed by atoms with Gasteiger partial charge in [0.25, 0.3) is 5.69 Å². The van der Waals surface area contributed by atoms with Gasteiger partial charge in [-0.15, -0.1) is 0 Å². The van der Waals surface area contributed by atoms with Crippen LogP contribution in [0.25, 0.3) is 10.9 Å². The van der Waals surface area contributed by atoms with Gasteiger partial charge in [0.2, 0.25) is 5.91 Å². The molecule has 0 bridgehead atoms. The summed E-state index contributed by atoms with van der Waals surface area (Å²) in [5.41, 5.74) is 4.82. The van der Waals surface area contributed by atoms with E-state index in [4.69, 9.17) is 0 Å². The lowest BCUT2D eigenvalue weighted by Crippen LogP contribution is -2.40. The number of carbonyl (C=O) groups is 1. The second-order valence-corrected chi connectivity index (χ2v) is 8.10. The Kier molecular flexibility index (Phi) is 7.59. The molecule has 9 nitrogen and oxygen atoms in total. The molecule has 10 heteroatoms. The Hall–Kier alpha value is -2.98. The summed E-state index contributed by atoms with van der Waals surface area (Å²) in [4.78, 5) is 29.0. The number of fused-ring (bicyclic) bond motifs is 1. The number of anilines is 1. The topological polar surface area (TPSA) is 113 Å². The lowest BCUT2D eigenvalue weighted by Gasteiger charge is -2.31. The van der Waals surface area contributed by atoms with Gasteiger partial charge in [0.1, 0.15) is 10.7 Å². The van der Waals surface area contributed by atoms with Gasteiger partial charge in [0, 0.05) is 36.9 Å². The molecular weight excluding hydrogens is 416 g/mol. The summed E-state index contributed by atoms with van der Waals surface area (Å²) >= 11 is 1.18. The predicted octanol–water partition coefficient (Wildman–Crippen LogP) is 4.41. The van der Waals surface area contributed by atoms with Crippen LogP contribution in [0.1, 0.15) is 40.0 Å². The van der Waals surface area contributed by atoms with E-state index in [9.17, 15) is 14.9 Å². The second-order valence-electron chi connectivity index (χ2n) is 7.32. The maximum absolute atomic E-state index is 11.7. The molecule has 3 rings (SSSR count). The molecular formula is C21H26N6O3S. The molecule has 164 valence electrons. The van der Waals surface area contributed by atoms with Gasteiger partial charge in [-0.2, -0.15) is 9.47 Å². The molecule has 1 aromatic carbocycles. The van der Waals surface area contributed by atoms with Crippen LogP contribution in [0.15, 0.2) is 40.4 Å². The lowest BCUT2D eigenvalue weighted by atomic mass is 9.97. The van der Waals surface area contributed by atoms with Gasteiger partial charge < -0.3 is 0 Å². The number of rotatable bonds is 8. The fraction of sp³-hybridized carbons (Fsp3) is 0.429. The van der Waals surface area contributed by atoms with Crippen molar-refractivity contribution < 1.29 is 9.72 Å². The number of hydrazone groups is 1. The summed E-state index contributed by atoms with van der Waals surface area (Å²) in [6, 6.07) is 4.69. The van der Waals surface area contributed by atoms with Crippen LogP contribution in [0.4, 0.5) is 10.7 Å². The molecule has 2 aromatic rings. The standard InChI is InChI=1S/C21H26N6O3S/c1-4-10-26(11-5-2)15-6-9-19(20(13-15)22-14(3)28)23-24-21-17-12-16(27(29)30)7-8-18(17)25-31-21/h6-9,12,15,24H,4-5,10-11,13H2,1-3H3. The SMILES string of the molecule is CCCN(CCC)C1C=CC(=NNc2snc3ccc([N+](=O)[O-])cc23)C(=NC(C)=O)C1. The number of nitro groups is 1. The molecule has 0 spiro atoms. The number of hydrogen-bond acceptors (Lipinski definition) is 8. The fourth-order valence-electron chi connectivity index (χ4n) is 3.57. The van der Waals surface area contributed by atoms with E-state index >= 15 is 0 Å². The van der Waals surface area contributed by atoms with Gasteiger partial charge in [-0.3, -0.25) is 25.2 Å². The third-order valence-electron chi connectivity index (χ3n) is 4.91. The predicted molar refractivity (Wildman–Crippen MR) is 125 cm³/mol. The second kappa shape index (κ2) is 10.4. The normalized spacial score (nSPS) is 18.9. The maximum atomic E-state index is 11.7. The molecule has 0 fully saturated rings. The van der Waals surface area contributed by atoms with Gasteiger partial charge in [-0.1, -0.05) is 19.9 Å². The molecule has 0 saturated heterocycles. The zero-order chi connectivity index (χ0) is 22.4. The zero-order valence-corrected chi connectivity index (χ0v) is 18.7. The number of nitrogens with zero attached hydrogens (tertiary/aromatic N) is 5. The first-order valence-electron chi connectivity index (χ1n) is 10.3. The molecule has 1 aromatic heterocycles. The van der Waals surface area contributed by atoms with Crippen molar-refractivity contribution in [3.63, 3.8) is 0 Å². The van der Waals surface area contributed by atoms with E-state index < -0.39 is 4.92 Å². The van der Waals surface area contributed by atoms with E-state index in [0.717, 1.165) is 25.9 Å². The maximum Gasteiger partial charge on any atom is 0.270 e. The Morgan fingerprint density at radius 1 is 1.35 bits per heavy atom. The van der Waals surface area contributed by atoms with Crippen LogP contribution in [0.2, 0.25) is 0 Å². The average Bonchev–Trinajstić information content (AvgIpc) is 3.14. The van der Waals surface area contributed by atoms with Crippen LogP contribution in [0, 0.1) is 10.1 Å². The lowest BCUT2D eigenvalue weighted by molar-refractivity contribution is -0.384. The van der Waals surface area contributed by atoms with Gasteiger partial charge in [0.15, 0.2) is 0 Å². The van der Waals surface area contributed by atoms with E-state index in [0.29, 0.717) is 33.7 Å². The first kappa shape index (κ1) is 22.7. The molecule has 1 unspecified atom stereocenters. The van der Waals surface area contributed by atoms with Crippen molar-refractivity contribution in [3.8, 4) is 0 Å². The summed E-state index contributed by atoms with van der Waals surface area (Å²) in [7, 11) is 0. The van der Waals surface area contributed by atoms with Gasteiger partial charge >= 0.3 is 0 Å². The molecule has 31 heavy (non-hydrogen) atoms. The number of non-ortho nitro benzene ring substituents is 1. The van der Waals surface area contributed by atoms with Crippen molar-refractivity contribution in [1.82, 2.24) is 9.27 Å². The minimum absolute atomic E-state index is 0.00502. The highest BCUT2D eigenvalue weighted by Crippen LogP contribution is 2.31. The van der Waals surface area contributed by atoms with E-state index in [-0.39, 0.29) is 17.6 Å². The van der Waals surface area contributed by atoms with Crippen molar-refractivity contribution in [2.24, 2.45) is 10.1 Å². The Labute approximate surface area is 184 Å². The van der Waals surface area contributed by atoms with Crippen molar-refractivity contribution in [2.75, 3.05) is 18.5 Å². The van der Waals surface area contributed by atoms with Crippen LogP contribution < -0.4 is 5.43 Å². The van der Waals surface area contributed by atoms with Crippen molar-refractivity contribution in [2.45, 2.75) is 46.1 Å². The van der Waals surface area contributed by atoms with Crippen LogP contribution in [-0.4, -0.2) is 50.7 Å². The smallest absolute Gasteiger partial charge is 0.270 e. The Bertz CT molecular complexity index is 1050. The zero-order valence-electron chi connectivity index (χ0n) is 17.9. The molecule has 1 amide bonds. The molecule has 1 heterocycles. The summed E-state index contributed by atoms with van der Waals surface area (Å²) in [5.74, 6) is -0.270. The Morgan fingerprint density at radius 3 is 2.74 bits per heavy atom. The van der Waals surface area contributed by atoms with Crippen LogP contribution >= 0.6 is 11.5 Å². The summed E-state index contributed by atoms with van der Waals surface area (Å²) in [6.45, 7) is 7.69. The van der Waals surface area contributed by atoms with E-state index in [1.807, 2.05) is 6.08 Å². The molecule has 0 aliphatic heterocycles. The Balaban J connectivity index is 1.89.